The molecule has 2 heterocycles. The number of aryl methyl sites for hydroxylation is 1. The molecule has 0 spiro atoms. The van der Waals surface area contributed by atoms with Crippen molar-refractivity contribution in [3.05, 3.63) is 60.2 Å². The molecule has 0 amide bonds. The summed E-state index contributed by atoms with van der Waals surface area (Å²) in [4.78, 5) is 9.16. The summed E-state index contributed by atoms with van der Waals surface area (Å²) in [6.07, 6.45) is 3.89. The lowest BCUT2D eigenvalue weighted by atomic mass is 9.96. The smallest absolute Gasteiger partial charge is 0.237 e. The molecule has 2 aromatic carbocycles. The zero-order valence-corrected chi connectivity index (χ0v) is 15.3. The van der Waals surface area contributed by atoms with E-state index in [9.17, 15) is 0 Å². The minimum Gasteiger partial charge on any atom is -0.497 e. The zero-order chi connectivity index (χ0) is 18.4. The van der Waals surface area contributed by atoms with E-state index in [2.05, 4.69) is 39.8 Å². The van der Waals surface area contributed by atoms with Crippen molar-refractivity contribution in [3.8, 4) is 17.1 Å². The van der Waals surface area contributed by atoms with Crippen LogP contribution in [-0.4, -0.2) is 26.8 Å². The topological polar surface area (TPSA) is 66.0 Å². The largest absolute Gasteiger partial charge is 0.497 e. The van der Waals surface area contributed by atoms with Crippen LogP contribution in [0.15, 0.2) is 53.3 Å². The van der Waals surface area contributed by atoms with Gasteiger partial charge in [-0.2, -0.15) is 4.98 Å². The number of hydrogen-bond acceptors (Lipinski definition) is 5. The van der Waals surface area contributed by atoms with Crippen molar-refractivity contribution >= 4 is 11.0 Å². The van der Waals surface area contributed by atoms with Crippen LogP contribution in [0.25, 0.3) is 22.4 Å². The molecule has 1 saturated carbocycles. The van der Waals surface area contributed by atoms with Gasteiger partial charge in [-0.25, -0.2) is 4.98 Å². The number of aromatic nitrogens is 4. The molecule has 5 rings (SSSR count). The highest BCUT2D eigenvalue weighted by atomic mass is 16.5. The normalized spacial score (nSPS) is 15.2. The van der Waals surface area contributed by atoms with Gasteiger partial charge in [0, 0.05) is 12.1 Å². The summed E-state index contributed by atoms with van der Waals surface area (Å²) in [5, 5.41) is 4.26. The highest BCUT2D eigenvalue weighted by Gasteiger charge is 2.51. The summed E-state index contributed by atoms with van der Waals surface area (Å²) in [6, 6.07) is 14.2. The molecule has 0 saturated heterocycles. The van der Waals surface area contributed by atoms with Gasteiger partial charge < -0.3 is 13.8 Å². The van der Waals surface area contributed by atoms with Gasteiger partial charge >= 0.3 is 0 Å². The predicted octanol–water partition coefficient (Wildman–Crippen LogP) is 4.19. The number of nitrogens with zero attached hydrogens (tertiary/aromatic N) is 4. The first-order chi connectivity index (χ1) is 13.2. The molecule has 1 aliphatic carbocycles. The molecule has 0 N–H and O–H groups in total. The summed E-state index contributed by atoms with van der Waals surface area (Å²) in [6.45, 7) is 2.98. The van der Waals surface area contributed by atoms with E-state index in [1.807, 2.05) is 30.6 Å². The highest BCUT2D eigenvalue weighted by Crippen LogP contribution is 2.53. The van der Waals surface area contributed by atoms with Crippen molar-refractivity contribution in [3.63, 3.8) is 0 Å². The Bertz CT molecular complexity index is 1110. The molecule has 6 heteroatoms. The lowest BCUT2D eigenvalue weighted by Gasteiger charge is -2.11. The van der Waals surface area contributed by atoms with E-state index in [1.54, 1.807) is 7.11 Å². The Morgan fingerprint density at radius 3 is 2.67 bits per heavy atom. The number of imidazole rings is 1. The fraction of sp³-hybridized carbons (Fsp3) is 0.286. The molecule has 0 aliphatic heterocycles. The molecule has 0 unspecified atom stereocenters. The van der Waals surface area contributed by atoms with Crippen LogP contribution in [0.4, 0.5) is 0 Å². The number of fused-ring (bicyclic) bond motifs is 1. The van der Waals surface area contributed by atoms with E-state index >= 15 is 0 Å². The van der Waals surface area contributed by atoms with Crippen LogP contribution >= 0.6 is 0 Å². The third-order valence-corrected chi connectivity index (χ3v) is 5.45. The van der Waals surface area contributed by atoms with Crippen LogP contribution in [0.2, 0.25) is 0 Å². The first kappa shape index (κ1) is 16.1. The van der Waals surface area contributed by atoms with E-state index in [1.165, 1.54) is 5.56 Å². The summed E-state index contributed by atoms with van der Waals surface area (Å²) < 4.78 is 13.1. The zero-order valence-electron chi connectivity index (χ0n) is 15.3. The number of methoxy groups -OCH3 is 1. The SMILES string of the molecule is CCn1cnc2ccc(-c3noc(C4(c5ccc(OC)cc5)CC4)n3)cc21. The summed E-state index contributed by atoms with van der Waals surface area (Å²) in [5.74, 6) is 2.16. The van der Waals surface area contributed by atoms with E-state index in [0.717, 1.165) is 41.7 Å². The summed E-state index contributed by atoms with van der Waals surface area (Å²) >= 11 is 0. The Kier molecular flexibility index (Phi) is 3.53. The van der Waals surface area contributed by atoms with Crippen LogP contribution in [0.3, 0.4) is 0 Å². The Morgan fingerprint density at radius 1 is 1.15 bits per heavy atom. The predicted molar refractivity (Wildman–Crippen MR) is 102 cm³/mol. The van der Waals surface area contributed by atoms with Gasteiger partial charge in [-0.3, -0.25) is 0 Å². The van der Waals surface area contributed by atoms with E-state index in [4.69, 9.17) is 14.2 Å². The van der Waals surface area contributed by atoms with Gasteiger partial charge in [0.2, 0.25) is 11.7 Å². The minimum atomic E-state index is -0.160. The standard InChI is InChI=1S/C21H20N4O2/c1-3-25-13-22-17-9-4-14(12-18(17)25)19-23-20(27-24-19)21(10-11-21)15-5-7-16(26-2)8-6-15/h4-9,12-13H,3,10-11H2,1-2H3. The highest BCUT2D eigenvalue weighted by molar-refractivity contribution is 5.80. The Hall–Kier alpha value is -3.15. The second kappa shape index (κ2) is 5.94. The van der Waals surface area contributed by atoms with Crippen LogP contribution in [0.5, 0.6) is 5.75 Å². The van der Waals surface area contributed by atoms with Crippen molar-refractivity contribution in [2.75, 3.05) is 7.11 Å². The van der Waals surface area contributed by atoms with Gasteiger partial charge in [0.15, 0.2) is 0 Å². The van der Waals surface area contributed by atoms with Gasteiger partial charge in [-0.15, -0.1) is 0 Å². The van der Waals surface area contributed by atoms with Crippen molar-refractivity contribution in [2.24, 2.45) is 0 Å². The van der Waals surface area contributed by atoms with Crippen LogP contribution in [0.1, 0.15) is 31.2 Å². The molecular weight excluding hydrogens is 340 g/mol. The fourth-order valence-corrected chi connectivity index (χ4v) is 3.64. The molecule has 136 valence electrons. The van der Waals surface area contributed by atoms with E-state index in [-0.39, 0.29) is 5.41 Å². The molecule has 0 atom stereocenters. The van der Waals surface area contributed by atoms with Crippen molar-refractivity contribution < 1.29 is 9.26 Å². The van der Waals surface area contributed by atoms with Crippen LogP contribution < -0.4 is 4.74 Å². The molecule has 27 heavy (non-hydrogen) atoms. The Labute approximate surface area is 156 Å². The van der Waals surface area contributed by atoms with Gasteiger partial charge in [-0.1, -0.05) is 17.3 Å². The molecule has 0 bridgehead atoms. The van der Waals surface area contributed by atoms with Crippen LogP contribution in [-0.2, 0) is 12.0 Å². The van der Waals surface area contributed by atoms with Crippen molar-refractivity contribution in [2.45, 2.75) is 31.7 Å². The number of ether oxygens (including phenoxy) is 1. The lowest BCUT2D eigenvalue weighted by molar-refractivity contribution is 0.360. The van der Waals surface area contributed by atoms with Gasteiger partial charge in [0.1, 0.15) is 5.75 Å². The van der Waals surface area contributed by atoms with Gasteiger partial charge in [0.25, 0.3) is 0 Å². The minimum absolute atomic E-state index is 0.160. The quantitative estimate of drug-likeness (QED) is 0.534. The molecule has 2 aromatic heterocycles. The first-order valence-electron chi connectivity index (χ1n) is 9.17. The third-order valence-electron chi connectivity index (χ3n) is 5.45. The summed E-state index contributed by atoms with van der Waals surface area (Å²) in [7, 11) is 1.67. The monoisotopic (exact) mass is 360 g/mol. The maximum atomic E-state index is 5.69. The molecule has 6 nitrogen and oxygen atoms in total. The molecular formula is C21H20N4O2. The number of benzene rings is 2. The van der Waals surface area contributed by atoms with Crippen LogP contribution in [0, 0.1) is 0 Å². The average molecular weight is 360 g/mol. The molecule has 0 radical (unpaired) electrons. The molecule has 1 aliphatic rings. The average Bonchev–Trinajstić information content (AvgIpc) is 3.19. The maximum absolute atomic E-state index is 5.69. The summed E-state index contributed by atoms with van der Waals surface area (Å²) in [5.41, 5.74) is 4.03. The van der Waals surface area contributed by atoms with Gasteiger partial charge in [-0.05, 0) is 55.7 Å². The Morgan fingerprint density at radius 2 is 1.96 bits per heavy atom. The van der Waals surface area contributed by atoms with Crippen molar-refractivity contribution in [1.82, 2.24) is 19.7 Å². The fourth-order valence-electron chi connectivity index (χ4n) is 3.64. The molecule has 4 aromatic rings. The second-order valence-corrected chi connectivity index (χ2v) is 6.97. The number of rotatable bonds is 5. The number of hydrogen-bond donors (Lipinski definition) is 0. The second-order valence-electron chi connectivity index (χ2n) is 6.97. The third kappa shape index (κ3) is 2.51. The van der Waals surface area contributed by atoms with Gasteiger partial charge in [0.05, 0.1) is 29.9 Å². The lowest BCUT2D eigenvalue weighted by Crippen LogP contribution is -2.09. The maximum Gasteiger partial charge on any atom is 0.237 e. The van der Waals surface area contributed by atoms with E-state index < -0.39 is 0 Å². The Balaban J connectivity index is 1.51. The van der Waals surface area contributed by atoms with Crippen molar-refractivity contribution in [1.29, 1.82) is 0 Å². The first-order valence-corrected chi connectivity index (χ1v) is 9.17. The van der Waals surface area contributed by atoms with E-state index in [0.29, 0.717) is 11.7 Å². The molecule has 1 fully saturated rings.